The monoisotopic (exact) mass is 255 g/mol. The van der Waals surface area contributed by atoms with Crippen molar-refractivity contribution < 1.29 is 9.53 Å². The Morgan fingerprint density at radius 2 is 2.00 bits per heavy atom. The van der Waals surface area contributed by atoms with Crippen molar-refractivity contribution in [3.8, 4) is 0 Å². The quantitative estimate of drug-likeness (QED) is 0.767. The SMILES string of the molecule is CCC1CCC(NCCC(=O)OC(C)(C)C)C1C. The first-order valence-corrected chi connectivity index (χ1v) is 7.28. The molecule has 1 fully saturated rings. The normalized spacial score (nSPS) is 28.4. The molecule has 1 N–H and O–H groups in total. The highest BCUT2D eigenvalue weighted by molar-refractivity contribution is 5.70. The van der Waals surface area contributed by atoms with Gasteiger partial charge in [-0.3, -0.25) is 4.79 Å². The van der Waals surface area contributed by atoms with E-state index in [0.29, 0.717) is 12.5 Å². The van der Waals surface area contributed by atoms with Crippen molar-refractivity contribution in [3.63, 3.8) is 0 Å². The van der Waals surface area contributed by atoms with Crippen molar-refractivity contribution in [3.05, 3.63) is 0 Å². The first-order valence-electron chi connectivity index (χ1n) is 7.28. The smallest absolute Gasteiger partial charge is 0.307 e. The first kappa shape index (κ1) is 15.5. The molecule has 0 aromatic carbocycles. The number of hydrogen-bond donors (Lipinski definition) is 1. The van der Waals surface area contributed by atoms with Crippen molar-refractivity contribution in [1.29, 1.82) is 0 Å². The average molecular weight is 255 g/mol. The van der Waals surface area contributed by atoms with Crippen molar-refractivity contribution in [2.45, 2.75) is 71.9 Å². The number of carbonyl (C=O) groups excluding carboxylic acids is 1. The molecule has 0 heterocycles. The third-order valence-corrected chi connectivity index (χ3v) is 3.91. The Kier molecular flexibility index (Phi) is 5.64. The highest BCUT2D eigenvalue weighted by Gasteiger charge is 2.31. The second-order valence-electron chi connectivity index (χ2n) is 6.50. The van der Waals surface area contributed by atoms with Crippen molar-refractivity contribution in [2.24, 2.45) is 11.8 Å². The zero-order valence-electron chi connectivity index (χ0n) is 12.6. The maximum absolute atomic E-state index is 11.6. The van der Waals surface area contributed by atoms with Gasteiger partial charge in [0.25, 0.3) is 0 Å². The van der Waals surface area contributed by atoms with Crippen LogP contribution in [-0.4, -0.2) is 24.2 Å². The molecule has 3 heteroatoms. The van der Waals surface area contributed by atoms with Gasteiger partial charge in [-0.2, -0.15) is 0 Å². The fourth-order valence-electron chi connectivity index (χ4n) is 2.86. The molecule has 3 atom stereocenters. The highest BCUT2D eigenvalue weighted by atomic mass is 16.6. The van der Waals surface area contributed by atoms with Crippen molar-refractivity contribution >= 4 is 5.97 Å². The summed E-state index contributed by atoms with van der Waals surface area (Å²) in [5.41, 5.74) is -0.370. The molecule has 1 saturated carbocycles. The molecule has 0 aromatic rings. The Hall–Kier alpha value is -0.570. The second-order valence-corrected chi connectivity index (χ2v) is 6.50. The number of nitrogens with one attached hydrogen (secondary N) is 1. The summed E-state index contributed by atoms with van der Waals surface area (Å²) in [6, 6.07) is 0.581. The van der Waals surface area contributed by atoms with Gasteiger partial charge in [0.1, 0.15) is 5.60 Å². The van der Waals surface area contributed by atoms with Crippen LogP contribution in [0.25, 0.3) is 0 Å². The van der Waals surface area contributed by atoms with Crippen LogP contribution >= 0.6 is 0 Å². The van der Waals surface area contributed by atoms with Crippen LogP contribution in [0.1, 0.15) is 60.3 Å². The number of carbonyl (C=O) groups is 1. The van der Waals surface area contributed by atoms with Crippen LogP contribution in [0.3, 0.4) is 0 Å². The summed E-state index contributed by atoms with van der Waals surface area (Å²) in [7, 11) is 0. The fraction of sp³-hybridized carbons (Fsp3) is 0.933. The largest absolute Gasteiger partial charge is 0.460 e. The topological polar surface area (TPSA) is 38.3 Å². The molecular formula is C15H29NO2. The predicted octanol–water partition coefficient (Wildman–Crippen LogP) is 3.13. The molecule has 0 bridgehead atoms. The Morgan fingerprint density at radius 1 is 1.33 bits per heavy atom. The molecule has 0 saturated heterocycles. The molecule has 0 radical (unpaired) electrons. The lowest BCUT2D eigenvalue weighted by Crippen LogP contribution is -2.35. The van der Waals surface area contributed by atoms with Gasteiger partial charge in [-0.1, -0.05) is 20.3 Å². The van der Waals surface area contributed by atoms with Crippen LogP contribution in [0.5, 0.6) is 0 Å². The summed E-state index contributed by atoms with van der Waals surface area (Å²) in [6.45, 7) is 11.0. The molecule has 1 aliphatic carbocycles. The first-order chi connectivity index (χ1) is 8.33. The summed E-state index contributed by atoms with van der Waals surface area (Å²) in [4.78, 5) is 11.6. The minimum absolute atomic E-state index is 0.104. The predicted molar refractivity (Wildman–Crippen MR) is 74.4 cm³/mol. The van der Waals surface area contributed by atoms with Gasteiger partial charge in [0.2, 0.25) is 0 Å². The van der Waals surface area contributed by atoms with Crippen LogP contribution in [0.15, 0.2) is 0 Å². The van der Waals surface area contributed by atoms with Crippen LogP contribution in [0.2, 0.25) is 0 Å². The molecule has 0 spiro atoms. The Morgan fingerprint density at radius 3 is 2.50 bits per heavy atom. The zero-order chi connectivity index (χ0) is 13.8. The molecule has 1 aliphatic rings. The maximum Gasteiger partial charge on any atom is 0.307 e. The van der Waals surface area contributed by atoms with Gasteiger partial charge in [0.15, 0.2) is 0 Å². The van der Waals surface area contributed by atoms with E-state index in [1.165, 1.54) is 19.3 Å². The van der Waals surface area contributed by atoms with E-state index in [1.807, 2.05) is 20.8 Å². The Labute approximate surface area is 112 Å². The van der Waals surface area contributed by atoms with Gasteiger partial charge in [-0.05, 0) is 45.4 Å². The van der Waals surface area contributed by atoms with Gasteiger partial charge in [-0.25, -0.2) is 0 Å². The molecule has 0 aliphatic heterocycles. The zero-order valence-corrected chi connectivity index (χ0v) is 12.6. The third-order valence-electron chi connectivity index (χ3n) is 3.91. The molecule has 1 rings (SSSR count). The van der Waals surface area contributed by atoms with Crippen molar-refractivity contribution in [2.75, 3.05) is 6.54 Å². The Balaban J connectivity index is 2.21. The van der Waals surface area contributed by atoms with Crippen LogP contribution < -0.4 is 5.32 Å². The molecule has 3 nitrogen and oxygen atoms in total. The van der Waals surface area contributed by atoms with E-state index < -0.39 is 0 Å². The van der Waals surface area contributed by atoms with Crippen LogP contribution in [0.4, 0.5) is 0 Å². The molecule has 0 aromatic heterocycles. The molecule has 3 unspecified atom stereocenters. The number of ether oxygens (including phenoxy) is 1. The summed E-state index contributed by atoms with van der Waals surface area (Å²) < 4.78 is 5.29. The summed E-state index contributed by atoms with van der Waals surface area (Å²) in [5, 5.41) is 3.51. The van der Waals surface area contributed by atoms with E-state index in [2.05, 4.69) is 19.2 Å². The number of esters is 1. The van der Waals surface area contributed by atoms with Crippen molar-refractivity contribution in [1.82, 2.24) is 5.32 Å². The standard InChI is InChI=1S/C15H29NO2/c1-6-12-7-8-13(11(12)2)16-10-9-14(17)18-15(3,4)5/h11-13,16H,6-10H2,1-5H3. The van der Waals surface area contributed by atoms with Gasteiger partial charge >= 0.3 is 5.97 Å². The lowest BCUT2D eigenvalue weighted by Gasteiger charge is -2.22. The highest BCUT2D eigenvalue weighted by Crippen LogP contribution is 2.33. The minimum atomic E-state index is -0.370. The van der Waals surface area contributed by atoms with E-state index in [-0.39, 0.29) is 11.6 Å². The second kappa shape index (κ2) is 6.55. The van der Waals surface area contributed by atoms with E-state index in [9.17, 15) is 4.79 Å². The summed E-state index contributed by atoms with van der Waals surface area (Å²) in [5.74, 6) is 1.48. The van der Waals surface area contributed by atoms with Gasteiger partial charge in [0, 0.05) is 12.6 Å². The molecule has 0 amide bonds. The summed E-state index contributed by atoms with van der Waals surface area (Å²) in [6.07, 6.45) is 4.30. The molecule has 106 valence electrons. The number of rotatable bonds is 5. The minimum Gasteiger partial charge on any atom is -0.460 e. The van der Waals surface area contributed by atoms with Crippen LogP contribution in [-0.2, 0) is 9.53 Å². The lowest BCUT2D eigenvalue weighted by molar-refractivity contribution is -0.154. The van der Waals surface area contributed by atoms with Crippen LogP contribution in [0, 0.1) is 11.8 Å². The fourth-order valence-corrected chi connectivity index (χ4v) is 2.86. The van der Waals surface area contributed by atoms with E-state index >= 15 is 0 Å². The van der Waals surface area contributed by atoms with E-state index in [0.717, 1.165) is 18.4 Å². The third kappa shape index (κ3) is 4.97. The van der Waals surface area contributed by atoms with E-state index in [4.69, 9.17) is 4.74 Å². The molecular weight excluding hydrogens is 226 g/mol. The van der Waals surface area contributed by atoms with Gasteiger partial charge < -0.3 is 10.1 Å². The summed E-state index contributed by atoms with van der Waals surface area (Å²) >= 11 is 0. The lowest BCUT2D eigenvalue weighted by atomic mass is 9.93. The Bertz CT molecular complexity index is 270. The maximum atomic E-state index is 11.6. The van der Waals surface area contributed by atoms with E-state index in [1.54, 1.807) is 0 Å². The number of hydrogen-bond acceptors (Lipinski definition) is 3. The molecule has 18 heavy (non-hydrogen) atoms. The van der Waals surface area contributed by atoms with Gasteiger partial charge in [-0.15, -0.1) is 0 Å². The average Bonchev–Trinajstić information content (AvgIpc) is 2.57. The van der Waals surface area contributed by atoms with Gasteiger partial charge in [0.05, 0.1) is 6.42 Å².